The number of carbonyl (C=O) groups excluding carboxylic acids is 1. The first-order valence-electron chi connectivity index (χ1n) is 8.30. The average molecular weight is 349 g/mol. The molecule has 132 valence electrons. The van der Waals surface area contributed by atoms with Gasteiger partial charge < -0.3 is 10.6 Å². The standard InChI is InChI=1S/C20H19N3O3/c1-14(18-8-4-6-15-5-2-3-7-19(15)18)21-13-20(24)22-16-9-11-17(12-10-16)23(25)26/h2-12,14,21H,13H2,1H3,(H,22,24)/t14-/m0/s1. The Morgan fingerprint density at radius 3 is 2.46 bits per heavy atom. The van der Waals surface area contributed by atoms with E-state index in [-0.39, 0.29) is 24.2 Å². The summed E-state index contributed by atoms with van der Waals surface area (Å²) in [6.07, 6.45) is 0. The maximum Gasteiger partial charge on any atom is 0.269 e. The molecule has 0 saturated heterocycles. The van der Waals surface area contributed by atoms with Crippen LogP contribution in [0.5, 0.6) is 0 Å². The minimum Gasteiger partial charge on any atom is -0.325 e. The number of nitrogens with zero attached hydrogens (tertiary/aromatic N) is 1. The van der Waals surface area contributed by atoms with Gasteiger partial charge >= 0.3 is 0 Å². The van der Waals surface area contributed by atoms with Gasteiger partial charge in [-0.3, -0.25) is 14.9 Å². The van der Waals surface area contributed by atoms with Crippen LogP contribution in [0, 0.1) is 10.1 Å². The van der Waals surface area contributed by atoms with Crippen LogP contribution in [0.1, 0.15) is 18.5 Å². The van der Waals surface area contributed by atoms with Crippen molar-refractivity contribution in [3.8, 4) is 0 Å². The van der Waals surface area contributed by atoms with Crippen molar-refractivity contribution >= 4 is 28.1 Å². The van der Waals surface area contributed by atoms with Crippen LogP contribution in [-0.2, 0) is 4.79 Å². The van der Waals surface area contributed by atoms with Crippen molar-refractivity contribution in [3.63, 3.8) is 0 Å². The highest BCUT2D eigenvalue weighted by Crippen LogP contribution is 2.24. The van der Waals surface area contributed by atoms with Gasteiger partial charge in [-0.05, 0) is 35.4 Å². The first-order chi connectivity index (χ1) is 12.5. The lowest BCUT2D eigenvalue weighted by Gasteiger charge is -2.16. The SMILES string of the molecule is C[C@H](NCC(=O)Nc1ccc([N+](=O)[O-])cc1)c1cccc2ccccc12. The number of rotatable bonds is 6. The molecule has 1 atom stereocenters. The number of amides is 1. The predicted molar refractivity (Wildman–Crippen MR) is 102 cm³/mol. The molecule has 0 fully saturated rings. The number of nitro benzene ring substituents is 1. The maximum absolute atomic E-state index is 12.1. The molecule has 0 aliphatic heterocycles. The Kier molecular flexibility index (Phi) is 5.24. The van der Waals surface area contributed by atoms with Gasteiger partial charge in [-0.15, -0.1) is 0 Å². The fraction of sp³-hybridized carbons (Fsp3) is 0.150. The van der Waals surface area contributed by atoms with Gasteiger partial charge in [0.2, 0.25) is 5.91 Å². The first-order valence-corrected chi connectivity index (χ1v) is 8.30. The van der Waals surface area contributed by atoms with Crippen molar-refractivity contribution in [1.82, 2.24) is 5.32 Å². The van der Waals surface area contributed by atoms with Crippen LogP contribution >= 0.6 is 0 Å². The lowest BCUT2D eigenvalue weighted by atomic mass is 10.00. The Bertz CT molecular complexity index is 933. The maximum atomic E-state index is 12.1. The summed E-state index contributed by atoms with van der Waals surface area (Å²) in [5, 5.41) is 18.9. The van der Waals surface area contributed by atoms with Crippen molar-refractivity contribution in [2.45, 2.75) is 13.0 Å². The van der Waals surface area contributed by atoms with Gasteiger partial charge in [0, 0.05) is 23.9 Å². The smallest absolute Gasteiger partial charge is 0.269 e. The first kappa shape index (κ1) is 17.6. The predicted octanol–water partition coefficient (Wildman–Crippen LogP) is 4.04. The Hall–Kier alpha value is -3.25. The van der Waals surface area contributed by atoms with E-state index in [0.29, 0.717) is 5.69 Å². The number of nitro groups is 1. The van der Waals surface area contributed by atoms with Gasteiger partial charge in [0.05, 0.1) is 11.5 Å². The van der Waals surface area contributed by atoms with Gasteiger partial charge in [-0.25, -0.2) is 0 Å². The van der Waals surface area contributed by atoms with E-state index in [2.05, 4.69) is 28.8 Å². The summed E-state index contributed by atoms with van der Waals surface area (Å²) in [5.41, 5.74) is 1.65. The van der Waals surface area contributed by atoms with Gasteiger partial charge in [0.15, 0.2) is 0 Å². The summed E-state index contributed by atoms with van der Waals surface area (Å²) in [6, 6.07) is 20.0. The van der Waals surface area contributed by atoms with Gasteiger partial charge in [-0.2, -0.15) is 0 Å². The number of non-ortho nitro benzene ring substituents is 1. The molecule has 0 radical (unpaired) electrons. The summed E-state index contributed by atoms with van der Waals surface area (Å²) < 4.78 is 0. The minimum atomic E-state index is -0.473. The molecule has 6 heteroatoms. The number of fused-ring (bicyclic) bond motifs is 1. The Morgan fingerprint density at radius 1 is 1.04 bits per heavy atom. The molecule has 0 aliphatic rings. The van der Waals surface area contributed by atoms with Crippen LogP contribution in [0.3, 0.4) is 0 Å². The third-order valence-corrected chi connectivity index (χ3v) is 4.22. The average Bonchev–Trinajstić information content (AvgIpc) is 2.66. The molecule has 6 nitrogen and oxygen atoms in total. The molecule has 0 unspecified atom stereocenters. The Labute approximate surface area is 151 Å². The zero-order valence-electron chi connectivity index (χ0n) is 14.3. The third-order valence-electron chi connectivity index (χ3n) is 4.22. The second-order valence-corrected chi connectivity index (χ2v) is 6.02. The zero-order chi connectivity index (χ0) is 18.5. The van der Waals surface area contributed by atoms with Gasteiger partial charge in [0.1, 0.15) is 0 Å². The van der Waals surface area contributed by atoms with Crippen LogP contribution in [0.2, 0.25) is 0 Å². The van der Waals surface area contributed by atoms with Crippen LogP contribution in [-0.4, -0.2) is 17.4 Å². The highest BCUT2D eigenvalue weighted by atomic mass is 16.6. The van der Waals surface area contributed by atoms with Crippen molar-refractivity contribution in [2.75, 3.05) is 11.9 Å². The van der Waals surface area contributed by atoms with Gasteiger partial charge in [-0.1, -0.05) is 42.5 Å². The lowest BCUT2D eigenvalue weighted by molar-refractivity contribution is -0.384. The third kappa shape index (κ3) is 4.04. The molecule has 26 heavy (non-hydrogen) atoms. The quantitative estimate of drug-likeness (QED) is 0.520. The number of hydrogen-bond acceptors (Lipinski definition) is 4. The number of carbonyl (C=O) groups is 1. The van der Waals surface area contributed by atoms with Crippen LogP contribution in [0.15, 0.2) is 66.7 Å². The fourth-order valence-electron chi connectivity index (χ4n) is 2.86. The van der Waals surface area contributed by atoms with E-state index in [1.54, 1.807) is 0 Å². The van der Waals surface area contributed by atoms with Crippen molar-refractivity contribution in [3.05, 3.63) is 82.4 Å². The summed E-state index contributed by atoms with van der Waals surface area (Å²) in [6.45, 7) is 2.16. The summed E-state index contributed by atoms with van der Waals surface area (Å²) in [5.74, 6) is -0.203. The van der Waals surface area contributed by atoms with E-state index in [4.69, 9.17) is 0 Å². The van der Waals surface area contributed by atoms with Crippen LogP contribution < -0.4 is 10.6 Å². The van der Waals surface area contributed by atoms with E-state index in [0.717, 1.165) is 16.3 Å². The van der Waals surface area contributed by atoms with E-state index in [9.17, 15) is 14.9 Å². The van der Waals surface area contributed by atoms with Crippen molar-refractivity contribution in [1.29, 1.82) is 0 Å². The molecule has 0 spiro atoms. The second-order valence-electron chi connectivity index (χ2n) is 6.02. The Morgan fingerprint density at radius 2 is 1.73 bits per heavy atom. The van der Waals surface area contributed by atoms with Crippen molar-refractivity contribution < 1.29 is 9.72 Å². The summed E-state index contributed by atoms with van der Waals surface area (Å²) in [7, 11) is 0. The fourth-order valence-corrected chi connectivity index (χ4v) is 2.86. The minimum absolute atomic E-state index is 0.00344. The van der Waals surface area contributed by atoms with E-state index < -0.39 is 4.92 Å². The molecule has 0 aliphatic carbocycles. The molecule has 1 amide bonds. The van der Waals surface area contributed by atoms with E-state index in [1.165, 1.54) is 24.3 Å². The molecule has 0 heterocycles. The molecule has 2 N–H and O–H groups in total. The largest absolute Gasteiger partial charge is 0.325 e. The number of benzene rings is 3. The highest BCUT2D eigenvalue weighted by molar-refractivity contribution is 5.92. The molecule has 3 aromatic carbocycles. The lowest BCUT2D eigenvalue weighted by Crippen LogP contribution is -2.30. The summed E-state index contributed by atoms with van der Waals surface area (Å²) >= 11 is 0. The van der Waals surface area contributed by atoms with Crippen molar-refractivity contribution in [2.24, 2.45) is 0 Å². The molecule has 3 aromatic rings. The molecular weight excluding hydrogens is 330 g/mol. The highest BCUT2D eigenvalue weighted by Gasteiger charge is 2.11. The number of anilines is 1. The molecular formula is C20H19N3O3. The monoisotopic (exact) mass is 349 g/mol. The van der Waals surface area contributed by atoms with Gasteiger partial charge in [0.25, 0.3) is 5.69 Å². The van der Waals surface area contributed by atoms with E-state index >= 15 is 0 Å². The molecule has 0 bridgehead atoms. The zero-order valence-corrected chi connectivity index (χ0v) is 14.3. The molecule has 0 aromatic heterocycles. The Balaban J connectivity index is 1.61. The number of nitrogens with one attached hydrogen (secondary N) is 2. The topological polar surface area (TPSA) is 84.3 Å². The summed E-state index contributed by atoms with van der Waals surface area (Å²) in [4.78, 5) is 22.3. The molecule has 0 saturated carbocycles. The van der Waals surface area contributed by atoms with Crippen LogP contribution in [0.4, 0.5) is 11.4 Å². The normalized spacial score (nSPS) is 11.9. The molecule has 3 rings (SSSR count). The van der Waals surface area contributed by atoms with E-state index in [1.807, 2.05) is 31.2 Å². The van der Waals surface area contributed by atoms with Crippen LogP contribution in [0.25, 0.3) is 10.8 Å². The second kappa shape index (κ2) is 7.76. The number of hydrogen-bond donors (Lipinski definition) is 2.